The number of primary amides is 2. The maximum Gasteiger partial charge on any atom is 0.326 e. The number of carboxylic acids is 1. The van der Waals surface area contributed by atoms with Crippen molar-refractivity contribution in [2.75, 3.05) is 0 Å². The van der Waals surface area contributed by atoms with Crippen molar-refractivity contribution >= 4 is 35.5 Å². The summed E-state index contributed by atoms with van der Waals surface area (Å²) in [5, 5.41) is 16.4. The number of carboxylic acid groups (broad SMARTS) is 1. The molecule has 0 aliphatic heterocycles. The summed E-state index contributed by atoms with van der Waals surface area (Å²) < 4.78 is 0. The smallest absolute Gasteiger partial charge is 0.326 e. The van der Waals surface area contributed by atoms with Crippen LogP contribution < -0.4 is 33.2 Å². The minimum atomic E-state index is -1.44. The lowest BCUT2D eigenvalue weighted by Gasteiger charge is -2.24. The minimum Gasteiger partial charge on any atom is -0.480 e. The van der Waals surface area contributed by atoms with Crippen LogP contribution >= 0.6 is 0 Å². The summed E-state index contributed by atoms with van der Waals surface area (Å²) in [7, 11) is 0. The van der Waals surface area contributed by atoms with Gasteiger partial charge in [0.15, 0.2) is 0 Å². The highest BCUT2D eigenvalue weighted by molar-refractivity contribution is 5.96. The van der Waals surface area contributed by atoms with Crippen LogP contribution in [-0.2, 0) is 35.2 Å². The van der Waals surface area contributed by atoms with Crippen LogP contribution in [0.5, 0.6) is 0 Å². The SMILES string of the molecule is CC(N)C(=O)NC(CC(N)=O)C(=O)NC(Cc1ccccc1)C(=O)NC(CCC(N)=O)C(=O)O. The van der Waals surface area contributed by atoms with Crippen LogP contribution in [0.2, 0.25) is 0 Å². The summed E-state index contributed by atoms with van der Waals surface area (Å²) in [5.74, 6) is -5.49. The Morgan fingerprint density at radius 3 is 1.85 bits per heavy atom. The van der Waals surface area contributed by atoms with E-state index in [4.69, 9.17) is 17.2 Å². The maximum atomic E-state index is 12.9. The van der Waals surface area contributed by atoms with Gasteiger partial charge in [-0.05, 0) is 18.9 Å². The zero-order valence-corrected chi connectivity index (χ0v) is 18.7. The van der Waals surface area contributed by atoms with E-state index in [9.17, 15) is 33.9 Å². The maximum absolute atomic E-state index is 12.9. The van der Waals surface area contributed by atoms with Crippen LogP contribution in [0.1, 0.15) is 31.7 Å². The molecule has 0 saturated carbocycles. The van der Waals surface area contributed by atoms with Gasteiger partial charge in [0.1, 0.15) is 18.1 Å². The van der Waals surface area contributed by atoms with E-state index < -0.39 is 66.1 Å². The zero-order valence-electron chi connectivity index (χ0n) is 18.7. The molecule has 13 heteroatoms. The lowest BCUT2D eigenvalue weighted by Crippen LogP contribution is -2.58. The van der Waals surface area contributed by atoms with E-state index in [1.165, 1.54) is 6.92 Å². The van der Waals surface area contributed by atoms with Crippen molar-refractivity contribution in [3.8, 4) is 0 Å². The van der Waals surface area contributed by atoms with Gasteiger partial charge in [-0.3, -0.25) is 24.0 Å². The third-order valence-electron chi connectivity index (χ3n) is 4.66. The molecule has 0 aliphatic rings. The summed E-state index contributed by atoms with van der Waals surface area (Å²) >= 11 is 0. The van der Waals surface area contributed by atoms with E-state index in [1.54, 1.807) is 30.3 Å². The number of nitrogens with two attached hydrogens (primary N) is 3. The van der Waals surface area contributed by atoms with E-state index in [0.29, 0.717) is 5.56 Å². The fourth-order valence-electron chi connectivity index (χ4n) is 2.86. The topological polar surface area (TPSA) is 237 Å². The van der Waals surface area contributed by atoms with Crippen LogP contribution in [-0.4, -0.2) is 64.8 Å². The van der Waals surface area contributed by atoms with Crippen LogP contribution in [0, 0.1) is 0 Å². The Kier molecular flexibility index (Phi) is 11.2. The van der Waals surface area contributed by atoms with Crippen molar-refractivity contribution in [3.63, 3.8) is 0 Å². The van der Waals surface area contributed by atoms with Gasteiger partial charge in [0, 0.05) is 12.8 Å². The van der Waals surface area contributed by atoms with Gasteiger partial charge in [-0.25, -0.2) is 4.79 Å². The lowest BCUT2D eigenvalue weighted by molar-refractivity contribution is -0.142. The molecule has 1 aromatic carbocycles. The molecular formula is C21H30N6O7. The Labute approximate surface area is 195 Å². The molecule has 0 radical (unpaired) electrons. The van der Waals surface area contributed by atoms with Crippen LogP contribution in [0.15, 0.2) is 30.3 Å². The van der Waals surface area contributed by atoms with Gasteiger partial charge in [-0.2, -0.15) is 0 Å². The molecule has 10 N–H and O–H groups in total. The lowest BCUT2D eigenvalue weighted by atomic mass is 10.0. The second-order valence-electron chi connectivity index (χ2n) is 7.68. The molecule has 1 aromatic rings. The van der Waals surface area contributed by atoms with Crippen molar-refractivity contribution in [3.05, 3.63) is 35.9 Å². The molecule has 0 aliphatic carbocycles. The molecule has 0 fully saturated rings. The van der Waals surface area contributed by atoms with E-state index in [2.05, 4.69) is 16.0 Å². The van der Waals surface area contributed by atoms with Crippen molar-refractivity contribution in [2.24, 2.45) is 17.2 Å². The molecule has 0 bridgehead atoms. The van der Waals surface area contributed by atoms with Crippen LogP contribution in [0.25, 0.3) is 0 Å². The Morgan fingerprint density at radius 2 is 1.35 bits per heavy atom. The Morgan fingerprint density at radius 1 is 0.824 bits per heavy atom. The van der Waals surface area contributed by atoms with Crippen molar-refractivity contribution in [1.82, 2.24) is 16.0 Å². The molecule has 0 saturated heterocycles. The van der Waals surface area contributed by atoms with Gasteiger partial charge in [0.25, 0.3) is 0 Å². The molecule has 34 heavy (non-hydrogen) atoms. The summed E-state index contributed by atoms with van der Waals surface area (Å²) in [6, 6.07) is 3.42. The fourth-order valence-corrected chi connectivity index (χ4v) is 2.86. The van der Waals surface area contributed by atoms with E-state index in [0.717, 1.165) is 0 Å². The number of amides is 5. The first-order chi connectivity index (χ1) is 15.9. The third-order valence-corrected chi connectivity index (χ3v) is 4.66. The van der Waals surface area contributed by atoms with Crippen LogP contribution in [0.3, 0.4) is 0 Å². The summed E-state index contributed by atoms with van der Waals surface area (Å²) in [6.07, 6.45) is -1.13. The molecule has 186 valence electrons. The first kappa shape index (κ1) is 28.0. The molecular weight excluding hydrogens is 448 g/mol. The molecule has 4 atom stereocenters. The van der Waals surface area contributed by atoms with Crippen molar-refractivity contribution < 1.29 is 33.9 Å². The molecule has 5 amide bonds. The molecule has 1 rings (SSSR count). The molecule has 0 aromatic heterocycles. The number of hydrogen-bond acceptors (Lipinski definition) is 7. The molecule has 4 unspecified atom stereocenters. The Bertz CT molecular complexity index is 906. The van der Waals surface area contributed by atoms with Crippen LogP contribution in [0.4, 0.5) is 0 Å². The van der Waals surface area contributed by atoms with Gasteiger partial charge in [0.05, 0.1) is 12.5 Å². The number of hydrogen-bond donors (Lipinski definition) is 7. The van der Waals surface area contributed by atoms with E-state index in [-0.39, 0.29) is 19.3 Å². The Hall–Kier alpha value is -4.00. The Balaban J connectivity index is 3.11. The highest BCUT2D eigenvalue weighted by atomic mass is 16.4. The number of rotatable bonds is 14. The highest BCUT2D eigenvalue weighted by Gasteiger charge is 2.31. The first-order valence-corrected chi connectivity index (χ1v) is 10.4. The van der Waals surface area contributed by atoms with Crippen molar-refractivity contribution in [2.45, 2.75) is 56.8 Å². The summed E-state index contributed by atoms with van der Waals surface area (Å²) in [6.45, 7) is 1.37. The summed E-state index contributed by atoms with van der Waals surface area (Å²) in [5.41, 5.74) is 16.3. The number of aliphatic carboxylic acids is 1. The second kappa shape index (κ2) is 13.5. The average Bonchev–Trinajstić information content (AvgIpc) is 2.75. The zero-order chi connectivity index (χ0) is 25.8. The van der Waals surface area contributed by atoms with E-state index >= 15 is 0 Å². The van der Waals surface area contributed by atoms with Gasteiger partial charge in [-0.15, -0.1) is 0 Å². The highest BCUT2D eigenvalue weighted by Crippen LogP contribution is 2.07. The predicted molar refractivity (Wildman–Crippen MR) is 119 cm³/mol. The third kappa shape index (κ3) is 10.1. The van der Waals surface area contributed by atoms with Crippen molar-refractivity contribution in [1.29, 1.82) is 0 Å². The quantitative estimate of drug-likeness (QED) is 0.148. The van der Waals surface area contributed by atoms with Gasteiger partial charge < -0.3 is 38.3 Å². The first-order valence-electron chi connectivity index (χ1n) is 10.4. The second-order valence-corrected chi connectivity index (χ2v) is 7.68. The number of carbonyl (C=O) groups is 6. The number of carbonyl (C=O) groups excluding carboxylic acids is 5. The van der Waals surface area contributed by atoms with Gasteiger partial charge >= 0.3 is 5.97 Å². The monoisotopic (exact) mass is 478 g/mol. The van der Waals surface area contributed by atoms with Gasteiger partial charge in [-0.1, -0.05) is 30.3 Å². The molecule has 0 spiro atoms. The number of benzene rings is 1. The minimum absolute atomic E-state index is 0.0366. The standard InChI is InChI=1S/C21H30N6O7/c1-11(22)18(30)26-15(10-17(24)29)20(32)27-14(9-12-5-3-2-4-6-12)19(31)25-13(21(33)34)7-8-16(23)28/h2-6,11,13-15H,7-10,22H2,1H3,(H2,23,28)(H2,24,29)(H,25,31)(H,26,30)(H,27,32)(H,33,34). The fraction of sp³-hybridized carbons (Fsp3) is 0.429. The summed E-state index contributed by atoms with van der Waals surface area (Å²) in [4.78, 5) is 71.6. The predicted octanol–water partition coefficient (Wildman–Crippen LogP) is -2.74. The molecule has 0 heterocycles. The molecule has 13 nitrogen and oxygen atoms in total. The normalized spacial score (nSPS) is 14.1. The number of nitrogens with one attached hydrogen (secondary N) is 3. The van der Waals surface area contributed by atoms with E-state index in [1.807, 2.05) is 0 Å². The largest absolute Gasteiger partial charge is 0.480 e. The van der Waals surface area contributed by atoms with Gasteiger partial charge in [0.2, 0.25) is 29.5 Å². The average molecular weight is 479 g/mol.